The van der Waals surface area contributed by atoms with E-state index >= 15 is 0 Å². The van der Waals surface area contributed by atoms with Crippen molar-refractivity contribution in [3.05, 3.63) is 18.3 Å². The predicted octanol–water partition coefficient (Wildman–Crippen LogP) is 1.81. The molecule has 1 aromatic rings. The number of piperidine rings is 1. The highest BCUT2D eigenvalue weighted by Crippen LogP contribution is 2.17. The number of likely N-dealkylation sites (tertiary alicyclic amines) is 1. The third kappa shape index (κ3) is 3.60. The van der Waals surface area contributed by atoms with Crippen molar-refractivity contribution < 1.29 is 0 Å². The van der Waals surface area contributed by atoms with Crippen LogP contribution in [0.15, 0.2) is 18.3 Å². The molecule has 0 atom stereocenters. The van der Waals surface area contributed by atoms with Gasteiger partial charge in [0.25, 0.3) is 0 Å². The molecule has 0 spiro atoms. The first-order chi connectivity index (χ1) is 8.28. The predicted molar refractivity (Wildman–Crippen MR) is 72.0 cm³/mol. The van der Waals surface area contributed by atoms with Gasteiger partial charge in [-0.15, -0.1) is 0 Å². The molecular weight excluding hydrogens is 212 g/mol. The lowest BCUT2D eigenvalue weighted by Gasteiger charge is -2.31. The molecule has 0 aliphatic carbocycles. The van der Waals surface area contributed by atoms with Crippen molar-refractivity contribution in [3.63, 3.8) is 0 Å². The van der Waals surface area contributed by atoms with Crippen LogP contribution in [0.3, 0.4) is 0 Å². The Morgan fingerprint density at radius 1 is 1.47 bits per heavy atom. The fraction of sp³-hybridized carbons (Fsp3) is 0.615. The van der Waals surface area contributed by atoms with E-state index in [1.807, 2.05) is 12.1 Å². The molecule has 1 aliphatic rings. The van der Waals surface area contributed by atoms with Crippen molar-refractivity contribution in [2.24, 2.45) is 5.92 Å². The first-order valence-corrected chi connectivity index (χ1v) is 6.45. The number of rotatable bonds is 4. The summed E-state index contributed by atoms with van der Waals surface area (Å²) >= 11 is 0. The molecule has 0 radical (unpaired) electrons. The second-order valence-electron chi connectivity index (χ2n) is 4.73. The van der Waals surface area contributed by atoms with Gasteiger partial charge < -0.3 is 16.0 Å². The first kappa shape index (κ1) is 12.2. The van der Waals surface area contributed by atoms with E-state index in [2.05, 4.69) is 22.1 Å². The minimum absolute atomic E-state index is 0.765. The van der Waals surface area contributed by atoms with E-state index in [0.29, 0.717) is 0 Å². The van der Waals surface area contributed by atoms with Crippen LogP contribution in [0.1, 0.15) is 19.8 Å². The summed E-state index contributed by atoms with van der Waals surface area (Å²) in [6.45, 7) is 6.88. The molecule has 4 heteroatoms. The van der Waals surface area contributed by atoms with Gasteiger partial charge in [-0.25, -0.2) is 4.98 Å². The van der Waals surface area contributed by atoms with E-state index in [1.54, 1.807) is 6.20 Å². The molecule has 2 heterocycles. The lowest BCUT2D eigenvalue weighted by atomic mass is 9.97. The molecule has 4 nitrogen and oxygen atoms in total. The molecule has 1 saturated heterocycles. The van der Waals surface area contributed by atoms with Gasteiger partial charge in [-0.1, -0.05) is 6.92 Å². The Hall–Kier alpha value is -1.29. The molecular formula is C13H22N4. The van der Waals surface area contributed by atoms with Gasteiger partial charge in [0.2, 0.25) is 0 Å². The molecule has 0 unspecified atom stereocenters. The van der Waals surface area contributed by atoms with Gasteiger partial charge in [-0.05, 0) is 44.5 Å². The van der Waals surface area contributed by atoms with E-state index in [-0.39, 0.29) is 0 Å². The largest absolute Gasteiger partial charge is 0.399 e. The molecule has 2 rings (SSSR count). The van der Waals surface area contributed by atoms with E-state index in [1.165, 1.54) is 32.5 Å². The Morgan fingerprint density at radius 3 is 2.88 bits per heavy atom. The second kappa shape index (κ2) is 5.87. The Balaban J connectivity index is 1.76. The fourth-order valence-corrected chi connectivity index (χ4v) is 2.30. The van der Waals surface area contributed by atoms with E-state index in [4.69, 9.17) is 5.73 Å². The Bertz CT molecular complexity index is 345. The highest BCUT2D eigenvalue weighted by molar-refractivity contribution is 5.48. The summed E-state index contributed by atoms with van der Waals surface area (Å²) in [5.74, 6) is 1.66. The summed E-state index contributed by atoms with van der Waals surface area (Å²) in [7, 11) is 0. The second-order valence-corrected chi connectivity index (χ2v) is 4.73. The normalized spacial score (nSPS) is 18.2. The number of nitrogens with one attached hydrogen (secondary N) is 1. The van der Waals surface area contributed by atoms with Crippen LogP contribution in [0, 0.1) is 5.92 Å². The SMILES string of the molecule is CCN1CCC(CNc2cc(N)ccn2)CC1. The maximum Gasteiger partial charge on any atom is 0.127 e. The summed E-state index contributed by atoms with van der Waals surface area (Å²) in [6.07, 6.45) is 4.31. The van der Waals surface area contributed by atoms with Gasteiger partial charge >= 0.3 is 0 Å². The molecule has 0 saturated carbocycles. The van der Waals surface area contributed by atoms with Crippen molar-refractivity contribution >= 4 is 11.5 Å². The average Bonchev–Trinajstić information content (AvgIpc) is 2.37. The number of nitrogens with two attached hydrogens (primary N) is 1. The molecule has 94 valence electrons. The van der Waals surface area contributed by atoms with Gasteiger partial charge in [0.15, 0.2) is 0 Å². The average molecular weight is 234 g/mol. The quantitative estimate of drug-likeness (QED) is 0.834. The smallest absolute Gasteiger partial charge is 0.127 e. The third-order valence-electron chi connectivity index (χ3n) is 3.51. The van der Waals surface area contributed by atoms with Gasteiger partial charge in [0, 0.05) is 24.5 Å². The summed E-state index contributed by atoms with van der Waals surface area (Å²) in [6, 6.07) is 3.70. The maximum absolute atomic E-state index is 5.72. The lowest BCUT2D eigenvalue weighted by Crippen LogP contribution is -2.35. The topological polar surface area (TPSA) is 54.2 Å². The first-order valence-electron chi connectivity index (χ1n) is 6.45. The van der Waals surface area contributed by atoms with Crippen LogP contribution >= 0.6 is 0 Å². The van der Waals surface area contributed by atoms with Crippen molar-refractivity contribution in [2.75, 3.05) is 37.2 Å². The maximum atomic E-state index is 5.72. The van der Waals surface area contributed by atoms with Gasteiger partial charge in [-0.3, -0.25) is 0 Å². The van der Waals surface area contributed by atoms with E-state index in [9.17, 15) is 0 Å². The van der Waals surface area contributed by atoms with Gasteiger partial charge in [0.05, 0.1) is 0 Å². The summed E-state index contributed by atoms with van der Waals surface area (Å²) < 4.78 is 0. The molecule has 3 N–H and O–H groups in total. The number of nitrogens with zero attached hydrogens (tertiary/aromatic N) is 2. The van der Waals surface area contributed by atoms with E-state index in [0.717, 1.165) is 24.0 Å². The Labute approximate surface area is 103 Å². The lowest BCUT2D eigenvalue weighted by molar-refractivity contribution is 0.198. The zero-order valence-electron chi connectivity index (χ0n) is 10.5. The third-order valence-corrected chi connectivity index (χ3v) is 3.51. The fourth-order valence-electron chi connectivity index (χ4n) is 2.30. The minimum Gasteiger partial charge on any atom is -0.399 e. The Morgan fingerprint density at radius 2 is 2.24 bits per heavy atom. The highest BCUT2D eigenvalue weighted by Gasteiger charge is 2.17. The number of aromatic nitrogens is 1. The molecule has 17 heavy (non-hydrogen) atoms. The van der Waals surface area contributed by atoms with Crippen molar-refractivity contribution in [1.82, 2.24) is 9.88 Å². The molecule has 1 aliphatic heterocycles. The van der Waals surface area contributed by atoms with Crippen LogP contribution in [-0.2, 0) is 0 Å². The van der Waals surface area contributed by atoms with E-state index < -0.39 is 0 Å². The number of hydrogen-bond donors (Lipinski definition) is 2. The molecule has 1 aromatic heterocycles. The summed E-state index contributed by atoms with van der Waals surface area (Å²) in [5.41, 5.74) is 6.48. The van der Waals surface area contributed by atoms with Crippen molar-refractivity contribution in [1.29, 1.82) is 0 Å². The van der Waals surface area contributed by atoms with Crippen molar-refractivity contribution in [3.8, 4) is 0 Å². The molecule has 0 aromatic carbocycles. The monoisotopic (exact) mass is 234 g/mol. The van der Waals surface area contributed by atoms with Crippen LogP contribution < -0.4 is 11.1 Å². The van der Waals surface area contributed by atoms with Crippen LogP contribution in [-0.4, -0.2) is 36.1 Å². The molecule has 0 bridgehead atoms. The van der Waals surface area contributed by atoms with Crippen LogP contribution in [0.25, 0.3) is 0 Å². The van der Waals surface area contributed by atoms with Gasteiger partial charge in [-0.2, -0.15) is 0 Å². The standard InChI is InChI=1S/C13H22N4/c1-2-17-7-4-11(5-8-17)10-16-13-9-12(14)3-6-15-13/h3,6,9,11H,2,4-5,7-8,10H2,1H3,(H3,14,15,16). The minimum atomic E-state index is 0.765. The number of pyridine rings is 1. The van der Waals surface area contributed by atoms with Crippen LogP contribution in [0.2, 0.25) is 0 Å². The van der Waals surface area contributed by atoms with Crippen LogP contribution in [0.5, 0.6) is 0 Å². The zero-order chi connectivity index (χ0) is 12.1. The summed E-state index contributed by atoms with van der Waals surface area (Å²) in [4.78, 5) is 6.76. The molecule has 0 amide bonds. The highest BCUT2D eigenvalue weighted by atomic mass is 15.1. The number of anilines is 2. The number of nitrogen functional groups attached to an aromatic ring is 1. The Kier molecular flexibility index (Phi) is 4.20. The summed E-state index contributed by atoms with van der Waals surface area (Å²) in [5, 5.41) is 3.38. The zero-order valence-corrected chi connectivity index (χ0v) is 10.5. The number of hydrogen-bond acceptors (Lipinski definition) is 4. The van der Waals surface area contributed by atoms with Gasteiger partial charge in [0.1, 0.15) is 5.82 Å². The van der Waals surface area contributed by atoms with Crippen LogP contribution in [0.4, 0.5) is 11.5 Å². The van der Waals surface area contributed by atoms with Crippen molar-refractivity contribution in [2.45, 2.75) is 19.8 Å². The molecule has 1 fully saturated rings.